The molecule has 1 atom stereocenters. The lowest BCUT2D eigenvalue weighted by Gasteiger charge is -2.22. The molecule has 82 valence electrons. The van der Waals surface area contributed by atoms with Crippen molar-refractivity contribution < 1.29 is 14.3 Å². The Bertz CT molecular complexity index is 379. The summed E-state index contributed by atoms with van der Waals surface area (Å²) in [7, 11) is 1.53. The Hall–Kier alpha value is -0.340. The van der Waals surface area contributed by atoms with E-state index in [0.29, 0.717) is 6.61 Å². The predicted molar refractivity (Wildman–Crippen MR) is 65.0 cm³/mol. The summed E-state index contributed by atoms with van der Waals surface area (Å²) >= 11 is 3.98. The number of hydrogen-bond acceptors (Lipinski definition) is 4. The molecule has 0 saturated carbocycles. The van der Waals surface area contributed by atoms with Crippen molar-refractivity contribution in [3.63, 3.8) is 0 Å². The summed E-state index contributed by atoms with van der Waals surface area (Å²) in [5, 5.41) is 2.41. The van der Waals surface area contributed by atoms with Crippen LogP contribution in [0.1, 0.15) is 16.7 Å². The number of amides is 1. The number of halogens is 1. The van der Waals surface area contributed by atoms with Gasteiger partial charge in [-0.3, -0.25) is 0 Å². The van der Waals surface area contributed by atoms with Crippen molar-refractivity contribution in [3.05, 3.63) is 19.4 Å². The Kier molecular flexibility index (Phi) is 3.47. The summed E-state index contributed by atoms with van der Waals surface area (Å²) in [6, 6.07) is 2.01. The van der Waals surface area contributed by atoms with Crippen molar-refractivity contribution in [2.45, 2.75) is 12.7 Å². The van der Waals surface area contributed by atoms with Crippen LogP contribution >= 0.6 is 33.9 Å². The summed E-state index contributed by atoms with van der Waals surface area (Å²) in [4.78, 5) is 12.3. The van der Waals surface area contributed by atoms with Gasteiger partial charge in [0.15, 0.2) is 0 Å². The number of carbonyl (C=O) groups is 1. The van der Waals surface area contributed by atoms with Crippen LogP contribution in [0.15, 0.2) is 6.07 Å². The molecule has 15 heavy (non-hydrogen) atoms. The minimum Gasteiger partial charge on any atom is -0.415 e. The highest BCUT2D eigenvalue weighted by atomic mass is 127. The van der Waals surface area contributed by atoms with Gasteiger partial charge in [-0.05, 0) is 28.7 Å². The summed E-state index contributed by atoms with van der Waals surface area (Å²) in [5.74, 6) is 0. The Morgan fingerprint density at radius 3 is 3.33 bits per heavy atom. The minimum atomic E-state index is -0.548. The van der Waals surface area contributed by atoms with Crippen LogP contribution in [0.2, 0.25) is 0 Å². The lowest BCUT2D eigenvalue weighted by molar-refractivity contribution is -0.113. The molecule has 0 fully saturated rings. The lowest BCUT2D eigenvalue weighted by atomic mass is 10.2. The second-order valence-electron chi connectivity index (χ2n) is 3.04. The van der Waals surface area contributed by atoms with E-state index in [1.807, 2.05) is 6.07 Å². The van der Waals surface area contributed by atoms with Crippen molar-refractivity contribution in [1.82, 2.24) is 5.32 Å². The van der Waals surface area contributed by atoms with Gasteiger partial charge in [-0.15, -0.1) is 11.3 Å². The van der Waals surface area contributed by atoms with Crippen LogP contribution in [-0.2, 0) is 15.9 Å². The molecule has 2 rings (SSSR count). The first-order chi connectivity index (χ1) is 7.20. The van der Waals surface area contributed by atoms with Gasteiger partial charge in [0.2, 0.25) is 6.29 Å². The zero-order valence-electron chi connectivity index (χ0n) is 8.08. The standard InChI is InChI=1S/C9H10INO3S/c1-11-9(12)14-8-5-4-7(10)15-6(5)2-3-13-8/h4,8H,2-3H2,1H3,(H,11,12). The van der Waals surface area contributed by atoms with Crippen LogP contribution in [0.5, 0.6) is 0 Å². The smallest absolute Gasteiger partial charge is 0.409 e. The van der Waals surface area contributed by atoms with E-state index in [-0.39, 0.29) is 0 Å². The Morgan fingerprint density at radius 1 is 1.80 bits per heavy atom. The molecule has 0 bridgehead atoms. The first kappa shape index (κ1) is 11.2. The Morgan fingerprint density at radius 2 is 2.60 bits per heavy atom. The molecule has 0 radical (unpaired) electrons. The van der Waals surface area contributed by atoms with Crippen LogP contribution in [0, 0.1) is 2.88 Å². The molecule has 1 unspecified atom stereocenters. The SMILES string of the molecule is CNC(=O)OC1OCCc2sc(I)cc21. The summed E-state index contributed by atoms with van der Waals surface area (Å²) in [6.45, 7) is 0.602. The largest absolute Gasteiger partial charge is 0.415 e. The minimum absolute atomic E-state index is 0.464. The van der Waals surface area contributed by atoms with Gasteiger partial charge in [-0.1, -0.05) is 0 Å². The number of thiophene rings is 1. The van der Waals surface area contributed by atoms with Gasteiger partial charge < -0.3 is 14.8 Å². The molecule has 0 saturated heterocycles. The maximum absolute atomic E-state index is 11.1. The molecule has 1 N–H and O–H groups in total. The van der Waals surface area contributed by atoms with E-state index in [1.165, 1.54) is 14.8 Å². The van der Waals surface area contributed by atoms with Crippen molar-refractivity contribution >= 4 is 40.0 Å². The zero-order valence-corrected chi connectivity index (χ0v) is 11.1. The second kappa shape index (κ2) is 4.67. The number of rotatable bonds is 1. The van der Waals surface area contributed by atoms with E-state index in [2.05, 4.69) is 27.9 Å². The van der Waals surface area contributed by atoms with Crippen LogP contribution in [0.3, 0.4) is 0 Å². The molecule has 0 aromatic carbocycles. The second-order valence-corrected chi connectivity index (χ2v) is 6.07. The highest BCUT2D eigenvalue weighted by Crippen LogP contribution is 2.34. The van der Waals surface area contributed by atoms with Crippen LogP contribution in [0.25, 0.3) is 0 Å². The van der Waals surface area contributed by atoms with Crippen molar-refractivity contribution in [2.75, 3.05) is 13.7 Å². The summed E-state index contributed by atoms with van der Waals surface area (Å²) < 4.78 is 11.7. The number of fused-ring (bicyclic) bond motifs is 1. The van der Waals surface area contributed by atoms with E-state index in [4.69, 9.17) is 9.47 Å². The zero-order chi connectivity index (χ0) is 10.8. The Labute approximate surface area is 105 Å². The predicted octanol–water partition coefficient (Wildman–Crippen LogP) is 2.28. The van der Waals surface area contributed by atoms with Gasteiger partial charge in [-0.25, -0.2) is 4.79 Å². The third-order valence-electron chi connectivity index (χ3n) is 2.08. The third kappa shape index (κ3) is 2.43. The van der Waals surface area contributed by atoms with Crippen molar-refractivity contribution in [3.8, 4) is 0 Å². The van der Waals surface area contributed by atoms with Gasteiger partial charge in [0.25, 0.3) is 0 Å². The molecule has 2 heterocycles. The normalized spacial score (nSPS) is 19.5. The van der Waals surface area contributed by atoms with Gasteiger partial charge in [-0.2, -0.15) is 0 Å². The van der Waals surface area contributed by atoms with Crippen LogP contribution in [-0.4, -0.2) is 19.7 Å². The van der Waals surface area contributed by atoms with E-state index >= 15 is 0 Å². The van der Waals surface area contributed by atoms with Crippen molar-refractivity contribution in [1.29, 1.82) is 0 Å². The third-order valence-corrected chi connectivity index (χ3v) is 4.05. The molecule has 1 aliphatic rings. The molecule has 1 aliphatic heterocycles. The molecular formula is C9H10INO3S. The highest BCUT2D eigenvalue weighted by molar-refractivity contribution is 14.1. The first-order valence-electron chi connectivity index (χ1n) is 4.49. The topological polar surface area (TPSA) is 47.6 Å². The van der Waals surface area contributed by atoms with Crippen molar-refractivity contribution in [2.24, 2.45) is 0 Å². The van der Waals surface area contributed by atoms with Gasteiger partial charge in [0, 0.05) is 23.9 Å². The lowest BCUT2D eigenvalue weighted by Crippen LogP contribution is -2.25. The maximum Gasteiger partial charge on any atom is 0.409 e. The molecule has 1 amide bonds. The average molecular weight is 339 g/mol. The number of carbonyl (C=O) groups excluding carboxylic acids is 1. The monoisotopic (exact) mass is 339 g/mol. The van der Waals surface area contributed by atoms with E-state index in [9.17, 15) is 4.79 Å². The van der Waals surface area contributed by atoms with Crippen LogP contribution < -0.4 is 5.32 Å². The molecular weight excluding hydrogens is 329 g/mol. The fourth-order valence-electron chi connectivity index (χ4n) is 1.41. The first-order valence-corrected chi connectivity index (χ1v) is 6.38. The van der Waals surface area contributed by atoms with E-state index in [0.717, 1.165) is 12.0 Å². The quantitative estimate of drug-likeness (QED) is 0.799. The van der Waals surface area contributed by atoms with E-state index in [1.54, 1.807) is 11.3 Å². The maximum atomic E-state index is 11.1. The van der Waals surface area contributed by atoms with Crippen LogP contribution in [0.4, 0.5) is 4.79 Å². The molecule has 1 aromatic heterocycles. The summed E-state index contributed by atoms with van der Waals surface area (Å²) in [6.07, 6.45) is -0.112. The number of ether oxygens (including phenoxy) is 2. The Balaban J connectivity index is 2.18. The fourth-order valence-corrected chi connectivity index (χ4v) is 3.42. The number of alkyl carbamates (subject to hydrolysis) is 1. The number of nitrogens with one attached hydrogen (secondary N) is 1. The molecule has 0 spiro atoms. The number of hydrogen-bond donors (Lipinski definition) is 1. The molecule has 6 heteroatoms. The van der Waals surface area contributed by atoms with E-state index < -0.39 is 12.4 Å². The molecule has 1 aromatic rings. The van der Waals surface area contributed by atoms with Gasteiger partial charge in [0.1, 0.15) is 0 Å². The molecule has 4 nitrogen and oxygen atoms in total. The highest BCUT2D eigenvalue weighted by Gasteiger charge is 2.26. The molecule has 0 aliphatic carbocycles. The van der Waals surface area contributed by atoms with Gasteiger partial charge in [0.05, 0.1) is 9.49 Å². The fraction of sp³-hybridized carbons (Fsp3) is 0.444. The summed E-state index contributed by atoms with van der Waals surface area (Å²) in [5.41, 5.74) is 0.985. The average Bonchev–Trinajstić information content (AvgIpc) is 2.59. The van der Waals surface area contributed by atoms with Gasteiger partial charge >= 0.3 is 6.09 Å².